The predicted octanol–water partition coefficient (Wildman–Crippen LogP) is 4.69. The van der Waals surface area contributed by atoms with Crippen molar-refractivity contribution in [2.75, 3.05) is 10.6 Å². The minimum absolute atomic E-state index is 0.274. The van der Waals surface area contributed by atoms with Crippen molar-refractivity contribution >= 4 is 34.8 Å². The molecule has 0 spiro atoms. The van der Waals surface area contributed by atoms with Gasteiger partial charge in [0.25, 0.3) is 5.91 Å². The van der Waals surface area contributed by atoms with Crippen molar-refractivity contribution < 1.29 is 4.79 Å². The van der Waals surface area contributed by atoms with E-state index in [4.69, 9.17) is 11.6 Å². The summed E-state index contributed by atoms with van der Waals surface area (Å²) in [5, 5.41) is 6.47. The molecule has 1 amide bonds. The van der Waals surface area contributed by atoms with Crippen LogP contribution in [0.3, 0.4) is 0 Å². The second-order valence-corrected chi connectivity index (χ2v) is 5.74. The summed E-state index contributed by atoms with van der Waals surface area (Å²) in [5.41, 5.74) is 2.81. The fraction of sp³-hybridized carbons (Fsp3) is 0.105. The first-order chi connectivity index (χ1) is 12.2. The van der Waals surface area contributed by atoms with Gasteiger partial charge in [-0.3, -0.25) is 4.79 Å². The third kappa shape index (κ3) is 4.14. The summed E-state index contributed by atoms with van der Waals surface area (Å²) in [4.78, 5) is 20.9. The number of anilines is 3. The lowest BCUT2D eigenvalue weighted by Crippen LogP contribution is -2.15. The number of carbonyl (C=O) groups excluding carboxylic acids is 1. The third-order valence-electron chi connectivity index (χ3n) is 3.66. The Morgan fingerprint density at radius 1 is 1.04 bits per heavy atom. The minimum atomic E-state index is -0.287. The molecule has 3 rings (SSSR count). The van der Waals surface area contributed by atoms with Gasteiger partial charge < -0.3 is 10.6 Å². The van der Waals surface area contributed by atoms with Crippen molar-refractivity contribution in [3.8, 4) is 0 Å². The van der Waals surface area contributed by atoms with Gasteiger partial charge in [0.15, 0.2) is 0 Å². The summed E-state index contributed by atoms with van der Waals surface area (Å²) in [6.45, 7) is 2.04. The van der Waals surface area contributed by atoms with Crippen molar-refractivity contribution in [2.24, 2.45) is 0 Å². The highest BCUT2D eigenvalue weighted by molar-refractivity contribution is 6.33. The highest BCUT2D eigenvalue weighted by Crippen LogP contribution is 2.23. The molecule has 2 aromatic carbocycles. The topological polar surface area (TPSA) is 66.9 Å². The van der Waals surface area contributed by atoms with Crippen LogP contribution in [0.15, 0.2) is 60.8 Å². The van der Waals surface area contributed by atoms with Gasteiger partial charge >= 0.3 is 0 Å². The number of rotatable bonds is 5. The number of amides is 1. The molecule has 0 fully saturated rings. The van der Waals surface area contributed by atoms with Gasteiger partial charge in [0.2, 0.25) is 5.95 Å². The maximum Gasteiger partial charge on any atom is 0.274 e. The molecule has 5 nitrogen and oxygen atoms in total. The normalized spacial score (nSPS) is 10.3. The van der Waals surface area contributed by atoms with Crippen LogP contribution in [0.1, 0.15) is 23.0 Å². The Balaban J connectivity index is 1.79. The fourth-order valence-electron chi connectivity index (χ4n) is 2.37. The van der Waals surface area contributed by atoms with Crippen molar-refractivity contribution in [2.45, 2.75) is 13.3 Å². The Kier molecular flexibility index (Phi) is 5.26. The average Bonchev–Trinajstić information content (AvgIpc) is 2.64. The van der Waals surface area contributed by atoms with E-state index in [0.717, 1.165) is 17.7 Å². The highest BCUT2D eigenvalue weighted by atomic mass is 35.5. The summed E-state index contributed by atoms with van der Waals surface area (Å²) in [6, 6.07) is 16.5. The number of nitrogens with zero attached hydrogens (tertiary/aromatic N) is 2. The summed E-state index contributed by atoms with van der Waals surface area (Å²) >= 11 is 6.12. The minimum Gasteiger partial charge on any atom is -0.323 e. The predicted molar refractivity (Wildman–Crippen MR) is 101 cm³/mol. The Bertz CT molecular complexity index is 898. The summed E-state index contributed by atoms with van der Waals surface area (Å²) in [7, 11) is 0. The molecule has 126 valence electrons. The number of aromatic nitrogens is 2. The number of para-hydroxylation sites is 2. The summed E-state index contributed by atoms with van der Waals surface area (Å²) in [5.74, 6) is 0.0232. The first-order valence-corrected chi connectivity index (χ1v) is 8.29. The largest absolute Gasteiger partial charge is 0.323 e. The van der Waals surface area contributed by atoms with Gasteiger partial charge in [-0.05, 0) is 36.2 Å². The Morgan fingerprint density at radius 2 is 1.76 bits per heavy atom. The molecule has 3 aromatic rings. The van der Waals surface area contributed by atoms with Gasteiger partial charge in [-0.15, -0.1) is 0 Å². The number of aryl methyl sites for hydroxylation is 1. The molecule has 0 aliphatic heterocycles. The van der Waals surface area contributed by atoms with E-state index >= 15 is 0 Å². The van der Waals surface area contributed by atoms with Crippen LogP contribution >= 0.6 is 11.6 Å². The van der Waals surface area contributed by atoms with Crippen LogP contribution in [0.4, 0.5) is 17.3 Å². The number of nitrogens with one attached hydrogen (secondary N) is 2. The number of hydrogen-bond acceptors (Lipinski definition) is 4. The Hall–Kier alpha value is -2.92. The van der Waals surface area contributed by atoms with E-state index in [0.29, 0.717) is 16.7 Å². The average molecular weight is 353 g/mol. The van der Waals surface area contributed by atoms with Crippen molar-refractivity contribution in [3.63, 3.8) is 0 Å². The molecule has 1 aromatic heterocycles. The molecular weight excluding hydrogens is 336 g/mol. The standard InChI is InChI=1S/C19H17ClN4O/c1-2-13-7-3-5-9-15(13)22-18(25)17-11-12-21-19(24-17)23-16-10-6-4-8-14(16)20/h3-12H,2H2,1H3,(H,22,25)(H,21,23,24). The van der Waals surface area contributed by atoms with Crippen molar-refractivity contribution in [1.29, 1.82) is 0 Å². The molecule has 1 heterocycles. The third-order valence-corrected chi connectivity index (χ3v) is 3.98. The smallest absolute Gasteiger partial charge is 0.274 e. The SMILES string of the molecule is CCc1ccccc1NC(=O)c1ccnc(Nc2ccccc2Cl)n1. The number of hydrogen-bond donors (Lipinski definition) is 2. The molecule has 0 aliphatic carbocycles. The van der Waals surface area contributed by atoms with E-state index in [1.54, 1.807) is 12.1 Å². The number of carbonyl (C=O) groups is 1. The molecule has 0 saturated carbocycles. The second-order valence-electron chi connectivity index (χ2n) is 5.34. The zero-order chi connectivity index (χ0) is 17.6. The molecule has 0 aliphatic rings. The zero-order valence-corrected chi connectivity index (χ0v) is 14.4. The number of halogens is 1. The van der Waals surface area contributed by atoms with Gasteiger partial charge in [-0.25, -0.2) is 9.97 Å². The molecule has 0 bridgehead atoms. The molecule has 0 atom stereocenters. The fourth-order valence-corrected chi connectivity index (χ4v) is 2.55. The van der Waals surface area contributed by atoms with Gasteiger partial charge in [0.1, 0.15) is 5.69 Å². The van der Waals surface area contributed by atoms with Crippen molar-refractivity contribution in [1.82, 2.24) is 9.97 Å². The lowest BCUT2D eigenvalue weighted by molar-refractivity contribution is 0.102. The quantitative estimate of drug-likeness (QED) is 0.699. The summed E-state index contributed by atoms with van der Waals surface area (Å²) < 4.78 is 0. The summed E-state index contributed by atoms with van der Waals surface area (Å²) in [6.07, 6.45) is 2.37. The van der Waals surface area contributed by atoms with E-state index in [2.05, 4.69) is 20.6 Å². The van der Waals surface area contributed by atoms with E-state index in [1.165, 1.54) is 6.20 Å². The van der Waals surface area contributed by atoms with Crippen LogP contribution in [0.5, 0.6) is 0 Å². The van der Waals surface area contributed by atoms with Crippen molar-refractivity contribution in [3.05, 3.63) is 77.1 Å². The van der Waals surface area contributed by atoms with Crippen LogP contribution in [0.2, 0.25) is 5.02 Å². The molecule has 0 unspecified atom stereocenters. The Morgan fingerprint density at radius 3 is 2.52 bits per heavy atom. The molecular formula is C19H17ClN4O. The second kappa shape index (κ2) is 7.77. The van der Waals surface area contributed by atoms with Crippen LogP contribution in [0, 0.1) is 0 Å². The van der Waals surface area contributed by atoms with Gasteiger partial charge in [-0.1, -0.05) is 48.9 Å². The molecule has 25 heavy (non-hydrogen) atoms. The molecule has 2 N–H and O–H groups in total. The van der Waals surface area contributed by atoms with Gasteiger partial charge in [0.05, 0.1) is 10.7 Å². The molecule has 0 saturated heterocycles. The lowest BCUT2D eigenvalue weighted by atomic mass is 10.1. The highest BCUT2D eigenvalue weighted by Gasteiger charge is 2.11. The van der Waals surface area contributed by atoms with Gasteiger partial charge in [-0.2, -0.15) is 0 Å². The van der Waals surface area contributed by atoms with E-state index in [9.17, 15) is 4.79 Å². The maximum atomic E-state index is 12.5. The van der Waals surface area contributed by atoms with Gasteiger partial charge in [0, 0.05) is 11.9 Å². The first kappa shape index (κ1) is 16.9. The molecule has 6 heteroatoms. The van der Waals surface area contributed by atoms with E-state index in [1.807, 2.05) is 49.4 Å². The van der Waals surface area contributed by atoms with E-state index in [-0.39, 0.29) is 11.6 Å². The van der Waals surface area contributed by atoms with Crippen LogP contribution in [-0.2, 0) is 6.42 Å². The zero-order valence-electron chi connectivity index (χ0n) is 13.7. The monoisotopic (exact) mass is 352 g/mol. The lowest BCUT2D eigenvalue weighted by Gasteiger charge is -2.10. The first-order valence-electron chi connectivity index (χ1n) is 7.91. The van der Waals surface area contributed by atoms with Crippen LogP contribution in [0.25, 0.3) is 0 Å². The van der Waals surface area contributed by atoms with Crippen LogP contribution < -0.4 is 10.6 Å². The Labute approximate surface area is 151 Å². The number of benzene rings is 2. The molecule has 0 radical (unpaired) electrons. The van der Waals surface area contributed by atoms with Crippen LogP contribution in [-0.4, -0.2) is 15.9 Å². The van der Waals surface area contributed by atoms with E-state index < -0.39 is 0 Å². The maximum absolute atomic E-state index is 12.5.